The SMILES string of the molecule is C=C(C)C1CCC2(CNCCCn3ccnc3)CCC3(C)C(CCC4C5(C)CC=C(c6ccc(C(=O)O)cc6)C(C)(C)C5CCC43C)C12. The zero-order chi connectivity index (χ0) is 34.1. The Morgan fingerprint density at radius 2 is 1.75 bits per heavy atom. The maximum absolute atomic E-state index is 11.5. The van der Waals surface area contributed by atoms with Crippen LogP contribution in [0.2, 0.25) is 0 Å². The highest BCUT2D eigenvalue weighted by molar-refractivity contribution is 5.88. The first kappa shape index (κ1) is 33.8. The van der Waals surface area contributed by atoms with Gasteiger partial charge in [0.2, 0.25) is 0 Å². The number of aryl methyl sites for hydroxylation is 1. The summed E-state index contributed by atoms with van der Waals surface area (Å²) in [6, 6.07) is 7.65. The number of aromatic carboxylic acids is 1. The van der Waals surface area contributed by atoms with Crippen LogP contribution in [0.4, 0.5) is 0 Å². The molecule has 0 saturated heterocycles. The van der Waals surface area contributed by atoms with E-state index in [-0.39, 0.29) is 10.8 Å². The number of hydrogen-bond acceptors (Lipinski definition) is 3. The first-order chi connectivity index (χ1) is 22.8. The highest BCUT2D eigenvalue weighted by Gasteiger charge is 2.70. The molecule has 9 unspecified atom stereocenters. The summed E-state index contributed by atoms with van der Waals surface area (Å²) in [5.74, 6) is 2.63. The fourth-order valence-electron chi connectivity index (χ4n) is 13.6. The van der Waals surface area contributed by atoms with Gasteiger partial charge in [0.25, 0.3) is 0 Å². The van der Waals surface area contributed by atoms with Crippen molar-refractivity contribution in [3.63, 3.8) is 0 Å². The van der Waals surface area contributed by atoms with Gasteiger partial charge >= 0.3 is 5.97 Å². The number of hydrogen-bond donors (Lipinski definition) is 2. The Morgan fingerprint density at radius 3 is 2.44 bits per heavy atom. The number of carboxylic acids is 1. The van der Waals surface area contributed by atoms with Crippen molar-refractivity contribution in [3.8, 4) is 0 Å². The topological polar surface area (TPSA) is 67.2 Å². The van der Waals surface area contributed by atoms with Crippen LogP contribution in [0.25, 0.3) is 5.57 Å². The van der Waals surface area contributed by atoms with Gasteiger partial charge in [-0.25, -0.2) is 9.78 Å². The molecule has 0 spiro atoms. The van der Waals surface area contributed by atoms with Crippen molar-refractivity contribution in [2.45, 2.75) is 112 Å². The summed E-state index contributed by atoms with van der Waals surface area (Å²) in [6.45, 7) is 23.3. The average Bonchev–Trinajstić information content (AvgIpc) is 3.70. The van der Waals surface area contributed by atoms with E-state index in [1.807, 2.05) is 24.7 Å². The molecular weight excluding hydrogens is 590 g/mol. The molecule has 5 heteroatoms. The molecule has 9 atom stereocenters. The third-order valence-corrected chi connectivity index (χ3v) is 16.1. The molecule has 1 aromatic carbocycles. The summed E-state index contributed by atoms with van der Waals surface area (Å²) < 4.78 is 2.19. The number of imidazole rings is 1. The highest BCUT2D eigenvalue weighted by Crippen LogP contribution is 2.77. The number of rotatable bonds is 9. The minimum atomic E-state index is -0.855. The summed E-state index contributed by atoms with van der Waals surface area (Å²) in [5.41, 5.74) is 5.79. The second-order valence-corrected chi connectivity index (χ2v) is 18.3. The predicted octanol–water partition coefficient (Wildman–Crippen LogP) is 9.91. The molecule has 1 aromatic heterocycles. The number of benzene rings is 1. The normalized spacial score (nSPS) is 39.8. The Kier molecular flexibility index (Phi) is 8.45. The molecular formula is C43H61N3O2. The number of carbonyl (C=O) groups is 1. The van der Waals surface area contributed by atoms with Crippen molar-refractivity contribution < 1.29 is 9.90 Å². The molecule has 4 fully saturated rings. The largest absolute Gasteiger partial charge is 0.478 e. The van der Waals surface area contributed by atoms with Gasteiger partial charge in [0, 0.05) is 25.5 Å². The van der Waals surface area contributed by atoms with Gasteiger partial charge < -0.3 is 15.0 Å². The molecule has 0 amide bonds. The Labute approximate surface area is 290 Å². The van der Waals surface area contributed by atoms with Gasteiger partial charge in [-0.3, -0.25) is 0 Å². The quantitative estimate of drug-likeness (QED) is 0.209. The number of fused-ring (bicyclic) bond motifs is 7. The molecule has 0 aliphatic heterocycles. The van der Waals surface area contributed by atoms with Crippen molar-refractivity contribution in [2.24, 2.45) is 56.7 Å². The predicted molar refractivity (Wildman–Crippen MR) is 195 cm³/mol. The zero-order valence-electron chi connectivity index (χ0n) is 30.7. The van der Waals surface area contributed by atoms with Crippen LogP contribution in [0.1, 0.15) is 122 Å². The van der Waals surface area contributed by atoms with E-state index in [9.17, 15) is 9.90 Å². The number of nitrogens with zero attached hydrogens (tertiary/aromatic N) is 2. The molecule has 0 radical (unpaired) electrons. The van der Waals surface area contributed by atoms with Crippen LogP contribution >= 0.6 is 0 Å². The van der Waals surface area contributed by atoms with Gasteiger partial charge in [-0.15, -0.1) is 0 Å². The summed E-state index contributed by atoms with van der Waals surface area (Å²) >= 11 is 0. The van der Waals surface area contributed by atoms with Crippen molar-refractivity contribution in [3.05, 3.63) is 72.3 Å². The Hall–Kier alpha value is -2.66. The molecule has 4 saturated carbocycles. The summed E-state index contributed by atoms with van der Waals surface area (Å²) in [4.78, 5) is 15.8. The van der Waals surface area contributed by atoms with Crippen molar-refractivity contribution in [1.82, 2.24) is 14.9 Å². The summed E-state index contributed by atoms with van der Waals surface area (Å²) in [5, 5.41) is 13.5. The monoisotopic (exact) mass is 651 g/mol. The van der Waals surface area contributed by atoms with E-state index in [2.05, 4.69) is 75.3 Å². The third kappa shape index (κ3) is 5.03. The van der Waals surface area contributed by atoms with E-state index in [0.29, 0.717) is 33.6 Å². The van der Waals surface area contributed by atoms with Crippen LogP contribution in [0.3, 0.4) is 0 Å². The maximum Gasteiger partial charge on any atom is 0.335 e. The minimum Gasteiger partial charge on any atom is -0.478 e. The van der Waals surface area contributed by atoms with Crippen molar-refractivity contribution >= 4 is 11.5 Å². The van der Waals surface area contributed by atoms with Gasteiger partial charge in [-0.1, -0.05) is 65.0 Å². The fraction of sp³-hybridized carbons (Fsp3) is 0.674. The lowest BCUT2D eigenvalue weighted by Gasteiger charge is -2.72. The van der Waals surface area contributed by atoms with E-state index in [4.69, 9.17) is 0 Å². The summed E-state index contributed by atoms with van der Waals surface area (Å²) in [6.07, 6.45) is 21.4. The first-order valence-electron chi connectivity index (χ1n) is 19.1. The maximum atomic E-state index is 11.5. The van der Waals surface area contributed by atoms with Gasteiger partial charge in [-0.2, -0.15) is 0 Å². The van der Waals surface area contributed by atoms with E-state index in [1.54, 1.807) is 12.1 Å². The molecule has 1 heterocycles. The molecule has 0 bridgehead atoms. The molecule has 5 nitrogen and oxygen atoms in total. The lowest BCUT2D eigenvalue weighted by Crippen LogP contribution is -2.65. The van der Waals surface area contributed by atoms with Gasteiger partial charge in [-0.05, 0) is 158 Å². The Balaban J connectivity index is 1.14. The van der Waals surface area contributed by atoms with Crippen LogP contribution < -0.4 is 5.32 Å². The zero-order valence-corrected chi connectivity index (χ0v) is 30.7. The standard InChI is InChI=1S/C43H61N3O2/c1-29(2)32-15-20-43(27-44-23-8-25-46-26-24-45-28-46)22-21-41(6)34(37(32)43)13-14-36-40(5)18-16-33(30-9-11-31(12-10-30)38(47)48)39(3,4)35(40)17-19-42(36,41)7/h9-12,16,24,26,28,32,34-37,44H,1,8,13-15,17-23,25,27H2,2-7H3,(H,47,48). The van der Waals surface area contributed by atoms with Gasteiger partial charge in [0.15, 0.2) is 0 Å². The van der Waals surface area contributed by atoms with E-state index < -0.39 is 5.97 Å². The smallest absolute Gasteiger partial charge is 0.335 e. The number of aromatic nitrogens is 2. The molecule has 5 aliphatic carbocycles. The molecule has 2 aromatic rings. The number of allylic oxidation sites excluding steroid dienone is 3. The van der Waals surface area contributed by atoms with Crippen LogP contribution in [-0.4, -0.2) is 33.7 Å². The van der Waals surface area contributed by atoms with E-state index in [0.717, 1.165) is 50.2 Å². The minimum absolute atomic E-state index is 0.0403. The van der Waals surface area contributed by atoms with Crippen LogP contribution in [0.5, 0.6) is 0 Å². The second kappa shape index (κ2) is 12.0. The average molecular weight is 652 g/mol. The molecule has 48 heavy (non-hydrogen) atoms. The fourth-order valence-corrected chi connectivity index (χ4v) is 13.6. The first-order valence-corrected chi connectivity index (χ1v) is 19.1. The molecule has 260 valence electrons. The highest BCUT2D eigenvalue weighted by atomic mass is 16.4. The molecule has 7 rings (SSSR count). The third-order valence-electron chi connectivity index (χ3n) is 16.1. The van der Waals surface area contributed by atoms with Gasteiger partial charge in [0.1, 0.15) is 0 Å². The molecule has 2 N–H and O–H groups in total. The number of carboxylic acid groups (broad SMARTS) is 1. The van der Waals surface area contributed by atoms with Crippen LogP contribution in [0, 0.1) is 56.7 Å². The van der Waals surface area contributed by atoms with E-state index in [1.165, 1.54) is 68.1 Å². The Bertz CT molecular complexity index is 1560. The van der Waals surface area contributed by atoms with Crippen LogP contribution in [0.15, 0.2) is 61.2 Å². The second-order valence-electron chi connectivity index (χ2n) is 18.3. The lowest BCUT2D eigenvalue weighted by atomic mass is 9.32. The summed E-state index contributed by atoms with van der Waals surface area (Å²) in [7, 11) is 0. The van der Waals surface area contributed by atoms with Crippen molar-refractivity contribution in [2.75, 3.05) is 13.1 Å². The Morgan fingerprint density at radius 1 is 0.979 bits per heavy atom. The van der Waals surface area contributed by atoms with E-state index >= 15 is 0 Å². The lowest BCUT2D eigenvalue weighted by molar-refractivity contribution is -0.225. The molecule has 5 aliphatic rings. The van der Waals surface area contributed by atoms with Gasteiger partial charge in [0.05, 0.1) is 11.9 Å². The van der Waals surface area contributed by atoms with Crippen LogP contribution in [-0.2, 0) is 6.54 Å². The number of nitrogens with one attached hydrogen (secondary N) is 1. The van der Waals surface area contributed by atoms with Crippen molar-refractivity contribution in [1.29, 1.82) is 0 Å².